The summed E-state index contributed by atoms with van der Waals surface area (Å²) in [6.45, 7) is 11.0. The first-order valence-corrected chi connectivity index (χ1v) is 24.1. The molecule has 3 aliphatic heterocycles. The highest BCUT2D eigenvalue weighted by Crippen LogP contribution is 2.37. The zero-order valence-corrected chi connectivity index (χ0v) is 40.2. The van der Waals surface area contributed by atoms with E-state index in [2.05, 4.69) is 19.1 Å². The smallest absolute Gasteiger partial charge is 0.329 e. The van der Waals surface area contributed by atoms with E-state index < -0.39 is 71.8 Å². The molecular formula is C50H81NO13. The van der Waals surface area contributed by atoms with Crippen LogP contribution in [0.15, 0.2) is 23.8 Å². The van der Waals surface area contributed by atoms with Crippen molar-refractivity contribution in [1.82, 2.24) is 4.90 Å². The van der Waals surface area contributed by atoms with Gasteiger partial charge in [0.05, 0.1) is 24.4 Å². The van der Waals surface area contributed by atoms with Crippen LogP contribution >= 0.6 is 0 Å². The van der Waals surface area contributed by atoms with E-state index in [1.165, 1.54) is 12.0 Å². The molecule has 4 aliphatic rings. The lowest BCUT2D eigenvalue weighted by molar-refractivity contribution is -0.266. The molecule has 3 fully saturated rings. The summed E-state index contributed by atoms with van der Waals surface area (Å²) < 4.78 is 29.3. The van der Waals surface area contributed by atoms with Gasteiger partial charge >= 0.3 is 5.97 Å². The number of esters is 1. The number of fused-ring (bicyclic) bond motifs is 3. The molecule has 1 saturated carbocycles. The zero-order valence-electron chi connectivity index (χ0n) is 40.2. The van der Waals surface area contributed by atoms with Crippen LogP contribution in [0.25, 0.3) is 0 Å². The van der Waals surface area contributed by atoms with Crippen LogP contribution in [-0.2, 0) is 47.7 Å². The van der Waals surface area contributed by atoms with Crippen LogP contribution in [0, 0.1) is 35.5 Å². The van der Waals surface area contributed by atoms with Gasteiger partial charge in [0.15, 0.2) is 5.78 Å². The molecule has 14 heteroatoms. The quantitative estimate of drug-likeness (QED) is 0.154. The number of allylic oxidation sites excluding steroid dienone is 3. The lowest BCUT2D eigenvalue weighted by atomic mass is 9.78. The molecule has 3 N–H and O–H groups in total. The van der Waals surface area contributed by atoms with E-state index in [1.54, 1.807) is 41.1 Å². The molecule has 1 aliphatic carbocycles. The molecule has 0 spiro atoms. The van der Waals surface area contributed by atoms with Gasteiger partial charge in [-0.3, -0.25) is 19.2 Å². The Kier molecular flexibility index (Phi) is 21.3. The van der Waals surface area contributed by atoms with Crippen molar-refractivity contribution >= 4 is 29.2 Å². The molecule has 4 rings (SSSR count). The fraction of sp³-hybridized carbons (Fsp3) is 0.820. The van der Waals surface area contributed by atoms with Gasteiger partial charge in [-0.05, 0) is 127 Å². The van der Waals surface area contributed by atoms with Crippen LogP contribution < -0.4 is 0 Å². The third-order valence-electron chi connectivity index (χ3n) is 14.7. The predicted octanol–water partition coefficient (Wildman–Crippen LogP) is 6.24. The highest BCUT2D eigenvalue weighted by atomic mass is 16.6. The second-order valence-corrected chi connectivity index (χ2v) is 19.8. The van der Waals surface area contributed by atoms with Crippen molar-refractivity contribution in [1.29, 1.82) is 0 Å². The van der Waals surface area contributed by atoms with Crippen molar-refractivity contribution in [3.8, 4) is 0 Å². The van der Waals surface area contributed by atoms with Gasteiger partial charge in [0, 0.05) is 52.0 Å². The second kappa shape index (κ2) is 25.3. The van der Waals surface area contributed by atoms with Gasteiger partial charge in [-0.15, -0.1) is 0 Å². The largest absolute Gasteiger partial charge is 0.460 e. The number of cyclic esters (lactones) is 1. The number of nitrogens with zero attached hydrogens (tertiary/aromatic N) is 1. The minimum atomic E-state index is -2.39. The Bertz CT molecular complexity index is 1610. The summed E-state index contributed by atoms with van der Waals surface area (Å²) in [5.74, 6) is -7.47. The number of aliphatic hydroxyl groups excluding tert-OH is 2. The summed E-state index contributed by atoms with van der Waals surface area (Å²) in [5, 5.41) is 33.8. The standard InChI is InChI=1S/C50H81NO13/c1-30-16-12-10-11-13-17-37(60-7)28-38-21-19-35(6)50(59,64-38)47(56)48(57)51-23-15-14-18-39(51)49(58)63-42(32(3)26-36-20-22-40(52)43(27-36)61-8)29-41(53)31(2)25-34(5)45(55)46(62-9)44(54)33(4)24-30/h10-11,25,30-33,35-40,42-43,45-46,52,55,59H,12-24,26-29H2,1-9H3/b11-10+,34-25-/t30-,31-,32-,33-,35-,36-,37-,38+,39+,40-,42+,43-,45-,46+,50-/m1/s1. The molecule has 364 valence electrons. The summed E-state index contributed by atoms with van der Waals surface area (Å²) in [4.78, 5) is 71.7. The highest BCUT2D eigenvalue weighted by molar-refractivity contribution is 6.39. The lowest BCUT2D eigenvalue weighted by Crippen LogP contribution is -2.61. The third-order valence-corrected chi connectivity index (χ3v) is 14.7. The van der Waals surface area contributed by atoms with E-state index in [0.29, 0.717) is 69.8 Å². The number of carbonyl (C=O) groups excluding carboxylic acids is 5. The molecule has 64 heavy (non-hydrogen) atoms. The number of amides is 1. The fourth-order valence-electron chi connectivity index (χ4n) is 10.4. The number of carbonyl (C=O) groups is 5. The van der Waals surface area contributed by atoms with Gasteiger partial charge < -0.3 is 43.9 Å². The summed E-state index contributed by atoms with van der Waals surface area (Å²) in [6.07, 6.45) is 9.69. The van der Waals surface area contributed by atoms with Gasteiger partial charge in [-0.25, -0.2) is 4.79 Å². The number of rotatable bonds is 6. The number of hydrogen-bond donors (Lipinski definition) is 3. The van der Waals surface area contributed by atoms with Crippen molar-refractivity contribution in [3.63, 3.8) is 0 Å². The Morgan fingerprint density at radius 3 is 2.22 bits per heavy atom. The first-order chi connectivity index (χ1) is 30.3. The Hall–Kier alpha value is -2.85. The number of hydrogen-bond acceptors (Lipinski definition) is 13. The zero-order chi connectivity index (χ0) is 47.3. The van der Waals surface area contributed by atoms with Crippen LogP contribution in [0.4, 0.5) is 0 Å². The Labute approximate surface area is 382 Å². The van der Waals surface area contributed by atoms with Crippen LogP contribution in [0.5, 0.6) is 0 Å². The summed E-state index contributed by atoms with van der Waals surface area (Å²) in [5.41, 5.74) is 0.407. The van der Waals surface area contributed by atoms with Crippen molar-refractivity contribution in [2.45, 2.75) is 199 Å². The molecule has 0 aromatic carbocycles. The van der Waals surface area contributed by atoms with Gasteiger partial charge in [0.25, 0.3) is 11.7 Å². The molecule has 14 nitrogen and oxygen atoms in total. The number of ether oxygens (including phenoxy) is 5. The molecule has 15 atom stereocenters. The van der Waals surface area contributed by atoms with Crippen molar-refractivity contribution in [3.05, 3.63) is 23.8 Å². The van der Waals surface area contributed by atoms with Gasteiger partial charge in [-0.2, -0.15) is 0 Å². The maximum absolute atomic E-state index is 14.3. The number of piperidine rings is 1. The van der Waals surface area contributed by atoms with Gasteiger partial charge in [0.1, 0.15) is 30.1 Å². The lowest BCUT2D eigenvalue weighted by Gasteiger charge is -2.42. The topological polar surface area (TPSA) is 195 Å². The predicted molar refractivity (Wildman–Crippen MR) is 241 cm³/mol. The summed E-state index contributed by atoms with van der Waals surface area (Å²) in [7, 11) is 4.59. The van der Waals surface area contributed by atoms with E-state index >= 15 is 0 Å². The molecule has 2 bridgehead atoms. The Morgan fingerprint density at radius 1 is 0.844 bits per heavy atom. The molecule has 0 aromatic rings. The van der Waals surface area contributed by atoms with E-state index in [0.717, 1.165) is 25.7 Å². The highest BCUT2D eigenvalue weighted by Gasteiger charge is 2.53. The first-order valence-electron chi connectivity index (χ1n) is 24.1. The van der Waals surface area contributed by atoms with Gasteiger partial charge in [-0.1, -0.05) is 52.8 Å². The maximum Gasteiger partial charge on any atom is 0.329 e. The molecule has 1 amide bonds. The van der Waals surface area contributed by atoms with Crippen molar-refractivity contribution < 1.29 is 63.0 Å². The third kappa shape index (κ3) is 14.3. The van der Waals surface area contributed by atoms with E-state index in [4.69, 9.17) is 23.7 Å². The molecule has 0 aromatic heterocycles. The van der Waals surface area contributed by atoms with Crippen LogP contribution in [0.3, 0.4) is 0 Å². The van der Waals surface area contributed by atoms with Gasteiger partial charge in [0.2, 0.25) is 5.79 Å². The molecular weight excluding hydrogens is 823 g/mol. The fourth-order valence-corrected chi connectivity index (χ4v) is 10.4. The molecule has 0 radical (unpaired) electrons. The Morgan fingerprint density at radius 2 is 1.55 bits per heavy atom. The molecule has 3 heterocycles. The van der Waals surface area contributed by atoms with E-state index in [9.17, 15) is 39.3 Å². The average Bonchev–Trinajstić information content (AvgIpc) is 3.27. The first kappa shape index (κ1) is 53.8. The molecule has 0 unspecified atom stereocenters. The van der Waals surface area contributed by atoms with E-state index in [1.807, 2.05) is 13.8 Å². The van der Waals surface area contributed by atoms with Crippen LogP contribution in [0.2, 0.25) is 0 Å². The molecule has 2 saturated heterocycles. The second-order valence-electron chi connectivity index (χ2n) is 19.8. The Balaban J connectivity index is 1.66. The number of aliphatic hydroxyl groups is 3. The number of methoxy groups -OCH3 is 3. The average molecular weight is 904 g/mol. The van der Waals surface area contributed by atoms with Crippen molar-refractivity contribution in [2.75, 3.05) is 27.9 Å². The van der Waals surface area contributed by atoms with Crippen molar-refractivity contribution in [2.24, 2.45) is 35.5 Å². The monoisotopic (exact) mass is 904 g/mol. The summed E-state index contributed by atoms with van der Waals surface area (Å²) in [6, 6.07) is -1.12. The van der Waals surface area contributed by atoms with Crippen LogP contribution in [0.1, 0.15) is 144 Å². The van der Waals surface area contributed by atoms with E-state index in [-0.39, 0.29) is 66.8 Å². The maximum atomic E-state index is 14.3. The number of Topliss-reactive ketones (excluding diaryl/α,β-unsaturated/α-hetero) is 3. The normalized spacial score (nSPS) is 39.9. The minimum absolute atomic E-state index is 0.103. The minimum Gasteiger partial charge on any atom is -0.460 e. The van der Waals surface area contributed by atoms with Crippen LogP contribution in [-0.4, -0.2) is 132 Å². The number of ketones is 3. The SMILES string of the molecule is CO[C@@H]1CC/C=C/CC[C@@H](C)C[C@@H](C)C(=O)[C@H](OC)[C@H](O)/C(C)=C\[C@@H](C)C(=O)C[C@@H]([C@H](C)C[C@H]2CC[C@@H](O)[C@H](OC)C2)OC(=O)[C@@H]2CCCCN2C(=O)C(=O)[C@]2(O)O[C@@H](CC[C@H]2C)C1. The summed E-state index contributed by atoms with van der Waals surface area (Å²) >= 11 is 0.